The Hall–Kier alpha value is -2.51. The summed E-state index contributed by atoms with van der Waals surface area (Å²) in [6.07, 6.45) is 1.66. The van der Waals surface area contributed by atoms with Crippen molar-refractivity contribution in [3.05, 3.63) is 52.9 Å². The molecular weight excluding hydrogens is 358 g/mol. The first kappa shape index (κ1) is 18.3. The second kappa shape index (κ2) is 8.25. The minimum absolute atomic E-state index is 0.244. The van der Waals surface area contributed by atoms with Gasteiger partial charge in [-0.05, 0) is 30.3 Å². The molecule has 138 valence electrons. The molecular formula is C18H20ClN3O4. The topological polar surface area (TPSA) is 75.0 Å². The first-order valence-corrected chi connectivity index (χ1v) is 8.63. The van der Waals surface area contributed by atoms with Gasteiger partial charge in [-0.3, -0.25) is 4.90 Å². The van der Waals surface area contributed by atoms with Crippen molar-refractivity contribution in [3.63, 3.8) is 0 Å². The number of hydrogen-bond acceptors (Lipinski definition) is 5. The van der Waals surface area contributed by atoms with Gasteiger partial charge in [0, 0.05) is 26.2 Å². The van der Waals surface area contributed by atoms with Gasteiger partial charge in [0.05, 0.1) is 36.2 Å². The minimum Gasteiger partial charge on any atom is -0.468 e. The van der Waals surface area contributed by atoms with Crippen molar-refractivity contribution in [2.45, 2.75) is 6.54 Å². The monoisotopic (exact) mass is 377 g/mol. The second-order valence-corrected chi connectivity index (χ2v) is 6.37. The zero-order valence-electron chi connectivity index (χ0n) is 14.4. The van der Waals surface area contributed by atoms with Crippen molar-refractivity contribution in [1.82, 2.24) is 9.80 Å². The Balaban J connectivity index is 1.56. The first-order valence-electron chi connectivity index (χ1n) is 8.25. The van der Waals surface area contributed by atoms with E-state index in [9.17, 15) is 9.59 Å². The van der Waals surface area contributed by atoms with Gasteiger partial charge < -0.3 is 19.4 Å². The number of anilines is 1. The van der Waals surface area contributed by atoms with E-state index in [1.807, 2.05) is 12.1 Å². The molecule has 1 saturated heterocycles. The highest BCUT2D eigenvalue weighted by Crippen LogP contribution is 2.24. The third kappa shape index (κ3) is 4.36. The van der Waals surface area contributed by atoms with E-state index in [1.54, 1.807) is 23.3 Å². The second-order valence-electron chi connectivity index (χ2n) is 5.96. The quantitative estimate of drug-likeness (QED) is 0.829. The van der Waals surface area contributed by atoms with E-state index in [-0.39, 0.29) is 6.03 Å². The van der Waals surface area contributed by atoms with Crippen LogP contribution in [0, 0.1) is 0 Å². The number of nitrogens with zero attached hydrogens (tertiary/aromatic N) is 2. The van der Waals surface area contributed by atoms with Gasteiger partial charge in [-0.25, -0.2) is 9.59 Å². The normalized spacial score (nSPS) is 14.9. The molecule has 2 aromatic rings. The fourth-order valence-corrected chi connectivity index (χ4v) is 2.96. The molecule has 1 aromatic heterocycles. The van der Waals surface area contributed by atoms with Crippen LogP contribution in [0.25, 0.3) is 0 Å². The van der Waals surface area contributed by atoms with Crippen LogP contribution in [0.3, 0.4) is 0 Å². The molecule has 1 aliphatic rings. The van der Waals surface area contributed by atoms with Crippen LogP contribution < -0.4 is 5.32 Å². The van der Waals surface area contributed by atoms with E-state index in [4.69, 9.17) is 16.0 Å². The summed E-state index contributed by atoms with van der Waals surface area (Å²) in [4.78, 5) is 28.1. The van der Waals surface area contributed by atoms with Crippen molar-refractivity contribution in [2.24, 2.45) is 0 Å². The van der Waals surface area contributed by atoms with Gasteiger partial charge in [-0.1, -0.05) is 11.6 Å². The van der Waals surface area contributed by atoms with Crippen LogP contribution >= 0.6 is 11.6 Å². The number of urea groups is 1. The van der Waals surface area contributed by atoms with Crippen LogP contribution in [-0.2, 0) is 11.3 Å². The number of furan rings is 1. The summed E-state index contributed by atoms with van der Waals surface area (Å²) >= 11 is 6.13. The summed E-state index contributed by atoms with van der Waals surface area (Å²) in [5.41, 5.74) is 0.716. The zero-order chi connectivity index (χ0) is 18.5. The van der Waals surface area contributed by atoms with Gasteiger partial charge in [0.25, 0.3) is 0 Å². The standard InChI is InChI=1S/C18H20ClN3O4/c1-25-17(23)13-4-5-15(19)16(11-13)20-18(24)22-8-6-21(7-9-22)12-14-3-2-10-26-14/h2-5,10-11H,6-9,12H2,1H3,(H,20,24). The molecule has 3 rings (SSSR count). The molecule has 0 radical (unpaired) electrons. The number of halogens is 1. The third-order valence-electron chi connectivity index (χ3n) is 4.25. The maximum absolute atomic E-state index is 12.5. The molecule has 0 atom stereocenters. The number of piperazine rings is 1. The molecule has 1 N–H and O–H groups in total. The van der Waals surface area contributed by atoms with Crippen LogP contribution in [0.1, 0.15) is 16.1 Å². The van der Waals surface area contributed by atoms with Crippen LogP contribution in [0.2, 0.25) is 5.02 Å². The van der Waals surface area contributed by atoms with Gasteiger partial charge in [-0.2, -0.15) is 0 Å². The molecule has 1 fully saturated rings. The number of nitrogens with one attached hydrogen (secondary N) is 1. The molecule has 2 heterocycles. The first-order chi connectivity index (χ1) is 12.6. The lowest BCUT2D eigenvalue weighted by Crippen LogP contribution is -2.49. The summed E-state index contributed by atoms with van der Waals surface area (Å²) in [5.74, 6) is 0.429. The molecule has 0 saturated carbocycles. The Morgan fingerprint density at radius 1 is 1.23 bits per heavy atom. The molecule has 0 unspecified atom stereocenters. The smallest absolute Gasteiger partial charge is 0.337 e. The molecule has 1 aliphatic heterocycles. The van der Waals surface area contributed by atoms with Crippen molar-refractivity contribution >= 4 is 29.3 Å². The Morgan fingerprint density at radius 3 is 2.65 bits per heavy atom. The van der Waals surface area contributed by atoms with E-state index in [1.165, 1.54) is 13.2 Å². The number of ether oxygens (including phenoxy) is 1. The van der Waals surface area contributed by atoms with Crippen molar-refractivity contribution in [3.8, 4) is 0 Å². The highest BCUT2D eigenvalue weighted by atomic mass is 35.5. The van der Waals surface area contributed by atoms with Crippen molar-refractivity contribution in [1.29, 1.82) is 0 Å². The Kier molecular flexibility index (Phi) is 5.80. The molecule has 1 aromatic carbocycles. The molecule has 0 aliphatic carbocycles. The lowest BCUT2D eigenvalue weighted by molar-refractivity contribution is 0.0600. The average molecular weight is 378 g/mol. The van der Waals surface area contributed by atoms with Gasteiger partial charge in [-0.15, -0.1) is 0 Å². The highest BCUT2D eigenvalue weighted by molar-refractivity contribution is 6.33. The van der Waals surface area contributed by atoms with Crippen LogP contribution in [0.15, 0.2) is 41.0 Å². The molecule has 0 spiro atoms. The number of methoxy groups -OCH3 is 1. The molecule has 26 heavy (non-hydrogen) atoms. The average Bonchev–Trinajstić information content (AvgIpc) is 3.16. The summed E-state index contributed by atoms with van der Waals surface area (Å²) in [5, 5.41) is 3.13. The Bertz CT molecular complexity index is 771. The lowest BCUT2D eigenvalue weighted by Gasteiger charge is -2.34. The van der Waals surface area contributed by atoms with Crippen LogP contribution in [0.5, 0.6) is 0 Å². The van der Waals surface area contributed by atoms with E-state index < -0.39 is 5.97 Å². The maximum Gasteiger partial charge on any atom is 0.337 e. The third-order valence-corrected chi connectivity index (χ3v) is 4.58. The number of carbonyl (C=O) groups is 2. The van der Waals surface area contributed by atoms with E-state index in [0.29, 0.717) is 29.4 Å². The van der Waals surface area contributed by atoms with Gasteiger partial charge >= 0.3 is 12.0 Å². The Labute approximate surface area is 156 Å². The SMILES string of the molecule is COC(=O)c1ccc(Cl)c(NC(=O)N2CCN(Cc3ccco3)CC2)c1. The summed E-state index contributed by atoms with van der Waals surface area (Å²) < 4.78 is 10.0. The molecule has 7 nitrogen and oxygen atoms in total. The Morgan fingerprint density at radius 2 is 2.00 bits per heavy atom. The predicted octanol–water partition coefficient (Wildman–Crippen LogP) is 3.07. The number of rotatable bonds is 4. The number of esters is 1. The number of benzene rings is 1. The number of hydrogen-bond donors (Lipinski definition) is 1. The molecule has 8 heteroatoms. The van der Waals surface area contributed by atoms with Crippen LogP contribution in [-0.4, -0.2) is 55.1 Å². The summed E-state index contributed by atoms with van der Waals surface area (Å²) in [7, 11) is 1.30. The van der Waals surface area contributed by atoms with Gasteiger partial charge in [0.1, 0.15) is 5.76 Å². The van der Waals surface area contributed by atoms with Gasteiger partial charge in [0.2, 0.25) is 0 Å². The molecule has 2 amide bonds. The summed E-state index contributed by atoms with van der Waals surface area (Å²) in [6.45, 7) is 3.44. The predicted molar refractivity (Wildman–Crippen MR) is 97.4 cm³/mol. The highest BCUT2D eigenvalue weighted by Gasteiger charge is 2.22. The maximum atomic E-state index is 12.5. The summed E-state index contributed by atoms with van der Waals surface area (Å²) in [6, 6.07) is 8.19. The number of amides is 2. The van der Waals surface area contributed by atoms with Gasteiger partial charge in [0.15, 0.2) is 0 Å². The largest absolute Gasteiger partial charge is 0.468 e. The van der Waals surface area contributed by atoms with E-state index in [2.05, 4.69) is 15.0 Å². The van der Waals surface area contributed by atoms with E-state index >= 15 is 0 Å². The van der Waals surface area contributed by atoms with Crippen molar-refractivity contribution in [2.75, 3.05) is 38.6 Å². The fraction of sp³-hybridized carbons (Fsp3) is 0.333. The zero-order valence-corrected chi connectivity index (χ0v) is 15.2. The minimum atomic E-state index is -0.483. The lowest BCUT2D eigenvalue weighted by atomic mass is 10.2. The number of carbonyl (C=O) groups excluding carboxylic acids is 2. The fourth-order valence-electron chi connectivity index (χ4n) is 2.79. The van der Waals surface area contributed by atoms with Crippen LogP contribution in [0.4, 0.5) is 10.5 Å². The molecule has 0 bridgehead atoms. The van der Waals surface area contributed by atoms with Crippen molar-refractivity contribution < 1.29 is 18.7 Å². The van der Waals surface area contributed by atoms with E-state index in [0.717, 1.165) is 25.4 Å².